The molecule has 1 aromatic rings. The summed E-state index contributed by atoms with van der Waals surface area (Å²) in [4.78, 5) is 5.43. The summed E-state index contributed by atoms with van der Waals surface area (Å²) in [6, 6.07) is 1.80. The Bertz CT molecular complexity index is 538. The SMILES string of the molecule is CNCc1cc(S(=O)(=O)N2CCCC2CN(C)C)c[nH]1. The lowest BCUT2D eigenvalue weighted by molar-refractivity contribution is 0.291. The molecular formula is C13H24N4O2S. The normalized spacial score (nSPS) is 20.9. The molecule has 20 heavy (non-hydrogen) atoms. The third-order valence-electron chi connectivity index (χ3n) is 3.59. The van der Waals surface area contributed by atoms with Crippen LogP contribution in [0.2, 0.25) is 0 Å². The Balaban J connectivity index is 2.19. The quantitative estimate of drug-likeness (QED) is 0.800. The van der Waals surface area contributed by atoms with E-state index in [1.165, 1.54) is 0 Å². The van der Waals surface area contributed by atoms with E-state index in [4.69, 9.17) is 0 Å². The molecule has 6 nitrogen and oxygen atoms in total. The fourth-order valence-electron chi connectivity index (χ4n) is 2.73. The van der Waals surface area contributed by atoms with Gasteiger partial charge in [-0.2, -0.15) is 4.31 Å². The summed E-state index contributed by atoms with van der Waals surface area (Å²) in [7, 11) is 2.41. The second-order valence-electron chi connectivity index (χ2n) is 5.57. The standard InChI is InChI=1S/C13H24N4O2S/c1-14-8-11-7-13(9-15-11)20(18,19)17-6-4-5-12(17)10-16(2)3/h7,9,12,14-15H,4-6,8,10H2,1-3H3. The molecule has 2 heterocycles. The highest BCUT2D eigenvalue weighted by Gasteiger charge is 2.35. The monoisotopic (exact) mass is 300 g/mol. The summed E-state index contributed by atoms with van der Waals surface area (Å²) in [5.74, 6) is 0. The van der Waals surface area contributed by atoms with E-state index in [9.17, 15) is 8.42 Å². The lowest BCUT2D eigenvalue weighted by Gasteiger charge is -2.26. The average molecular weight is 300 g/mol. The Labute approximate surface area is 121 Å². The first-order valence-corrected chi connectivity index (χ1v) is 8.37. The number of aromatic amines is 1. The van der Waals surface area contributed by atoms with Gasteiger partial charge in [-0.25, -0.2) is 8.42 Å². The van der Waals surface area contributed by atoms with Crippen LogP contribution in [0.15, 0.2) is 17.2 Å². The predicted molar refractivity (Wildman–Crippen MR) is 79.0 cm³/mol. The van der Waals surface area contributed by atoms with Gasteiger partial charge in [0, 0.05) is 37.6 Å². The molecular weight excluding hydrogens is 276 g/mol. The number of rotatable bonds is 6. The number of sulfonamides is 1. The molecule has 2 rings (SSSR count). The van der Waals surface area contributed by atoms with Crippen molar-refractivity contribution in [3.8, 4) is 0 Å². The topological polar surface area (TPSA) is 68.4 Å². The van der Waals surface area contributed by atoms with Crippen LogP contribution in [-0.2, 0) is 16.6 Å². The summed E-state index contributed by atoms with van der Waals surface area (Å²) in [6.07, 6.45) is 3.46. The van der Waals surface area contributed by atoms with Crippen LogP contribution in [0.4, 0.5) is 0 Å². The molecule has 2 N–H and O–H groups in total. The maximum atomic E-state index is 12.7. The third-order valence-corrected chi connectivity index (χ3v) is 5.52. The largest absolute Gasteiger partial charge is 0.363 e. The van der Waals surface area contributed by atoms with Crippen LogP contribution in [0.5, 0.6) is 0 Å². The van der Waals surface area contributed by atoms with E-state index in [1.54, 1.807) is 16.6 Å². The highest BCUT2D eigenvalue weighted by molar-refractivity contribution is 7.89. The van der Waals surface area contributed by atoms with Gasteiger partial charge in [0.25, 0.3) is 0 Å². The second kappa shape index (κ2) is 6.26. The number of H-pyrrole nitrogens is 1. The molecule has 0 saturated carbocycles. The maximum Gasteiger partial charge on any atom is 0.244 e. The minimum absolute atomic E-state index is 0.0812. The van der Waals surface area contributed by atoms with Gasteiger partial charge in [0.15, 0.2) is 0 Å². The molecule has 1 fully saturated rings. The van der Waals surface area contributed by atoms with Crippen molar-refractivity contribution in [2.24, 2.45) is 0 Å². The third kappa shape index (κ3) is 3.22. The van der Waals surface area contributed by atoms with E-state index in [0.29, 0.717) is 18.0 Å². The van der Waals surface area contributed by atoms with Crippen LogP contribution in [-0.4, -0.2) is 62.9 Å². The molecule has 0 spiro atoms. The van der Waals surface area contributed by atoms with Crippen molar-refractivity contribution in [1.29, 1.82) is 0 Å². The van der Waals surface area contributed by atoms with E-state index < -0.39 is 10.0 Å². The van der Waals surface area contributed by atoms with E-state index in [2.05, 4.69) is 10.3 Å². The molecule has 0 amide bonds. The lowest BCUT2D eigenvalue weighted by Crippen LogP contribution is -2.41. The molecule has 7 heteroatoms. The first-order valence-electron chi connectivity index (χ1n) is 6.93. The summed E-state index contributed by atoms with van der Waals surface area (Å²) < 4.78 is 27.1. The maximum absolute atomic E-state index is 12.7. The molecule has 1 aromatic heterocycles. The van der Waals surface area contributed by atoms with Crippen molar-refractivity contribution in [2.45, 2.75) is 30.3 Å². The van der Waals surface area contributed by atoms with Crippen LogP contribution >= 0.6 is 0 Å². The molecule has 1 aliphatic heterocycles. The molecule has 1 saturated heterocycles. The van der Waals surface area contributed by atoms with Gasteiger partial charge in [0.1, 0.15) is 0 Å². The summed E-state index contributed by atoms with van der Waals surface area (Å²) in [6.45, 7) is 2.02. The van der Waals surface area contributed by atoms with Crippen LogP contribution < -0.4 is 5.32 Å². The molecule has 114 valence electrons. The smallest absolute Gasteiger partial charge is 0.244 e. The van der Waals surface area contributed by atoms with Gasteiger partial charge in [0.05, 0.1) is 4.90 Å². The molecule has 1 aliphatic rings. The average Bonchev–Trinajstić information content (AvgIpc) is 2.98. The van der Waals surface area contributed by atoms with Crippen molar-refractivity contribution in [2.75, 3.05) is 34.2 Å². The van der Waals surface area contributed by atoms with Crippen LogP contribution in [0.3, 0.4) is 0 Å². The summed E-state index contributed by atoms with van der Waals surface area (Å²) >= 11 is 0. The summed E-state index contributed by atoms with van der Waals surface area (Å²) in [5.41, 5.74) is 0.884. The Morgan fingerprint density at radius 1 is 1.50 bits per heavy atom. The van der Waals surface area contributed by atoms with Crippen molar-refractivity contribution in [1.82, 2.24) is 19.5 Å². The number of hydrogen-bond donors (Lipinski definition) is 2. The zero-order valence-electron chi connectivity index (χ0n) is 12.4. The molecule has 0 radical (unpaired) electrons. The Kier molecular flexibility index (Phi) is 4.85. The van der Waals surface area contributed by atoms with Crippen molar-refractivity contribution in [3.63, 3.8) is 0 Å². The fourth-order valence-corrected chi connectivity index (χ4v) is 4.43. The second-order valence-corrected chi connectivity index (χ2v) is 7.46. The number of aromatic nitrogens is 1. The zero-order valence-corrected chi connectivity index (χ0v) is 13.2. The van der Waals surface area contributed by atoms with Gasteiger partial charge in [-0.15, -0.1) is 0 Å². The first kappa shape index (κ1) is 15.5. The number of likely N-dealkylation sites (N-methyl/N-ethyl adjacent to an activating group) is 1. The zero-order chi connectivity index (χ0) is 14.8. The van der Waals surface area contributed by atoms with Gasteiger partial charge in [0.2, 0.25) is 10.0 Å². The highest BCUT2D eigenvalue weighted by atomic mass is 32.2. The lowest BCUT2D eigenvalue weighted by atomic mass is 10.2. The van der Waals surface area contributed by atoms with E-state index in [1.807, 2.05) is 26.0 Å². The number of nitrogens with zero attached hydrogens (tertiary/aromatic N) is 2. The van der Waals surface area contributed by atoms with Gasteiger partial charge in [-0.3, -0.25) is 0 Å². The Morgan fingerprint density at radius 2 is 2.25 bits per heavy atom. The van der Waals surface area contributed by atoms with Gasteiger partial charge >= 0.3 is 0 Å². The van der Waals surface area contributed by atoms with Gasteiger partial charge in [-0.05, 0) is 40.1 Å². The van der Waals surface area contributed by atoms with E-state index >= 15 is 0 Å². The number of hydrogen-bond acceptors (Lipinski definition) is 4. The Morgan fingerprint density at radius 3 is 2.90 bits per heavy atom. The predicted octanol–water partition coefficient (Wildman–Crippen LogP) is 0.449. The molecule has 0 aromatic carbocycles. The van der Waals surface area contributed by atoms with Crippen LogP contribution in [0.1, 0.15) is 18.5 Å². The molecule has 1 unspecified atom stereocenters. The fraction of sp³-hybridized carbons (Fsp3) is 0.692. The van der Waals surface area contributed by atoms with E-state index in [-0.39, 0.29) is 6.04 Å². The minimum Gasteiger partial charge on any atom is -0.363 e. The van der Waals surface area contributed by atoms with Gasteiger partial charge in [-0.1, -0.05) is 0 Å². The van der Waals surface area contributed by atoms with Crippen molar-refractivity contribution < 1.29 is 8.42 Å². The highest BCUT2D eigenvalue weighted by Crippen LogP contribution is 2.26. The molecule has 1 atom stereocenters. The van der Waals surface area contributed by atoms with E-state index in [0.717, 1.165) is 25.1 Å². The minimum atomic E-state index is -3.38. The van der Waals surface area contributed by atoms with Crippen molar-refractivity contribution >= 4 is 10.0 Å². The molecule has 0 aliphatic carbocycles. The number of nitrogens with one attached hydrogen (secondary N) is 2. The van der Waals surface area contributed by atoms with Gasteiger partial charge < -0.3 is 15.2 Å². The van der Waals surface area contributed by atoms with Crippen LogP contribution in [0.25, 0.3) is 0 Å². The summed E-state index contributed by atoms with van der Waals surface area (Å²) in [5, 5.41) is 3.01. The Hall–Kier alpha value is -0.890. The first-order chi connectivity index (χ1) is 9.45. The molecule has 0 bridgehead atoms. The van der Waals surface area contributed by atoms with Crippen LogP contribution in [0, 0.1) is 0 Å². The van der Waals surface area contributed by atoms with Crippen molar-refractivity contribution in [3.05, 3.63) is 18.0 Å².